The van der Waals surface area contributed by atoms with Crippen LogP contribution in [0.25, 0.3) is 0 Å². The summed E-state index contributed by atoms with van der Waals surface area (Å²) >= 11 is 0. The normalized spacial score (nSPS) is 21.5. The van der Waals surface area contributed by atoms with Crippen molar-refractivity contribution in [3.8, 4) is 0 Å². The number of halogens is 1. The van der Waals surface area contributed by atoms with E-state index in [1.165, 1.54) is 0 Å². The zero-order chi connectivity index (χ0) is 10.8. The first-order valence-corrected chi connectivity index (χ1v) is 5.50. The second kappa shape index (κ2) is 4.13. The fourth-order valence-corrected chi connectivity index (χ4v) is 2.24. The van der Waals surface area contributed by atoms with Crippen molar-refractivity contribution in [2.75, 3.05) is 0 Å². The summed E-state index contributed by atoms with van der Waals surface area (Å²) in [6, 6.07) is 7.47. The highest BCUT2D eigenvalue weighted by Gasteiger charge is 2.35. The Kier molecular flexibility index (Phi) is 2.85. The number of ketones is 1. The SMILES string of the molecule is CCCC(F)C1Cc2ccccc2C1=O. The maximum absolute atomic E-state index is 13.7. The van der Waals surface area contributed by atoms with E-state index in [9.17, 15) is 9.18 Å². The summed E-state index contributed by atoms with van der Waals surface area (Å²) in [6.07, 6.45) is 0.886. The lowest BCUT2D eigenvalue weighted by atomic mass is 9.96. The summed E-state index contributed by atoms with van der Waals surface area (Å²) in [7, 11) is 0. The predicted molar refractivity (Wildman–Crippen MR) is 57.8 cm³/mol. The van der Waals surface area contributed by atoms with Crippen LogP contribution >= 0.6 is 0 Å². The molecule has 2 rings (SSSR count). The highest BCUT2D eigenvalue weighted by molar-refractivity contribution is 6.02. The summed E-state index contributed by atoms with van der Waals surface area (Å²) in [4.78, 5) is 11.9. The van der Waals surface area contributed by atoms with Gasteiger partial charge < -0.3 is 0 Å². The number of fused-ring (bicyclic) bond motifs is 1. The van der Waals surface area contributed by atoms with Crippen LogP contribution in [0.4, 0.5) is 4.39 Å². The summed E-state index contributed by atoms with van der Waals surface area (Å²) in [5.41, 5.74) is 1.73. The van der Waals surface area contributed by atoms with Gasteiger partial charge in [-0.1, -0.05) is 37.6 Å². The molecule has 0 aliphatic heterocycles. The molecule has 0 heterocycles. The van der Waals surface area contributed by atoms with Gasteiger partial charge >= 0.3 is 0 Å². The van der Waals surface area contributed by atoms with Crippen LogP contribution < -0.4 is 0 Å². The van der Waals surface area contributed by atoms with E-state index in [-0.39, 0.29) is 5.78 Å². The minimum Gasteiger partial charge on any atom is -0.294 e. The van der Waals surface area contributed by atoms with Crippen molar-refractivity contribution in [2.24, 2.45) is 5.92 Å². The molecule has 2 unspecified atom stereocenters. The third-order valence-corrected chi connectivity index (χ3v) is 3.06. The molecule has 0 fully saturated rings. The Morgan fingerprint density at radius 1 is 1.47 bits per heavy atom. The van der Waals surface area contributed by atoms with Gasteiger partial charge in [0.15, 0.2) is 5.78 Å². The van der Waals surface area contributed by atoms with E-state index in [0.29, 0.717) is 12.8 Å². The van der Waals surface area contributed by atoms with Gasteiger partial charge in [0.1, 0.15) is 6.17 Å². The first-order valence-electron chi connectivity index (χ1n) is 5.50. The van der Waals surface area contributed by atoms with E-state index < -0.39 is 12.1 Å². The number of benzene rings is 1. The van der Waals surface area contributed by atoms with Gasteiger partial charge in [-0.15, -0.1) is 0 Å². The Bertz CT molecular complexity index is 373. The Morgan fingerprint density at radius 3 is 2.87 bits per heavy atom. The lowest BCUT2D eigenvalue weighted by Gasteiger charge is -2.12. The molecule has 2 atom stereocenters. The quantitative estimate of drug-likeness (QED) is 0.742. The standard InChI is InChI=1S/C13H15FO/c1-2-5-12(14)11-8-9-6-3-4-7-10(9)13(11)15/h3-4,6-7,11-12H,2,5,8H2,1H3. The fourth-order valence-electron chi connectivity index (χ4n) is 2.24. The summed E-state index contributed by atoms with van der Waals surface area (Å²) in [6.45, 7) is 1.94. The molecule has 80 valence electrons. The van der Waals surface area contributed by atoms with Gasteiger partial charge in [0.2, 0.25) is 0 Å². The zero-order valence-corrected chi connectivity index (χ0v) is 8.87. The largest absolute Gasteiger partial charge is 0.294 e. The van der Waals surface area contributed by atoms with Crippen LogP contribution in [0.1, 0.15) is 35.7 Å². The number of Topliss-reactive ketones (excluding diaryl/α,β-unsaturated/α-hetero) is 1. The predicted octanol–water partition coefficient (Wildman–Crippen LogP) is 3.18. The molecule has 1 aliphatic carbocycles. The molecule has 1 aromatic carbocycles. The number of rotatable bonds is 3. The van der Waals surface area contributed by atoms with Gasteiger partial charge in [0.05, 0.1) is 5.92 Å². The third-order valence-electron chi connectivity index (χ3n) is 3.06. The molecule has 0 saturated heterocycles. The third kappa shape index (κ3) is 1.81. The van der Waals surface area contributed by atoms with Crippen LogP contribution in [0.5, 0.6) is 0 Å². The van der Waals surface area contributed by atoms with Gasteiger partial charge in [-0.3, -0.25) is 4.79 Å². The van der Waals surface area contributed by atoms with Crippen LogP contribution in [-0.2, 0) is 6.42 Å². The van der Waals surface area contributed by atoms with Crippen LogP contribution in [-0.4, -0.2) is 12.0 Å². The minimum absolute atomic E-state index is 0.00782. The number of alkyl halides is 1. The molecule has 0 aromatic heterocycles. The van der Waals surface area contributed by atoms with E-state index in [1.807, 2.05) is 25.1 Å². The summed E-state index contributed by atoms with van der Waals surface area (Å²) in [5, 5.41) is 0. The molecule has 0 N–H and O–H groups in total. The number of carbonyl (C=O) groups is 1. The second-order valence-electron chi connectivity index (χ2n) is 4.14. The van der Waals surface area contributed by atoms with Crippen LogP contribution in [0.3, 0.4) is 0 Å². The van der Waals surface area contributed by atoms with Crippen molar-refractivity contribution in [1.29, 1.82) is 0 Å². The molecule has 1 aliphatic rings. The van der Waals surface area contributed by atoms with E-state index in [4.69, 9.17) is 0 Å². The van der Waals surface area contributed by atoms with Crippen molar-refractivity contribution in [3.05, 3.63) is 35.4 Å². The Morgan fingerprint density at radius 2 is 2.20 bits per heavy atom. The maximum atomic E-state index is 13.7. The van der Waals surface area contributed by atoms with Gasteiger partial charge in [-0.2, -0.15) is 0 Å². The Balaban J connectivity index is 2.20. The summed E-state index contributed by atoms with van der Waals surface area (Å²) < 4.78 is 13.7. The van der Waals surface area contributed by atoms with E-state index in [0.717, 1.165) is 17.5 Å². The molecule has 1 aromatic rings. The van der Waals surface area contributed by atoms with E-state index >= 15 is 0 Å². The van der Waals surface area contributed by atoms with E-state index in [2.05, 4.69) is 0 Å². The Labute approximate surface area is 89.3 Å². The monoisotopic (exact) mass is 206 g/mol. The van der Waals surface area contributed by atoms with Crippen LogP contribution in [0.15, 0.2) is 24.3 Å². The van der Waals surface area contributed by atoms with Crippen LogP contribution in [0.2, 0.25) is 0 Å². The van der Waals surface area contributed by atoms with Crippen molar-refractivity contribution in [3.63, 3.8) is 0 Å². The Hall–Kier alpha value is -1.18. The molecule has 2 heteroatoms. The van der Waals surface area contributed by atoms with Crippen molar-refractivity contribution < 1.29 is 9.18 Å². The molecule has 15 heavy (non-hydrogen) atoms. The van der Waals surface area contributed by atoms with Gasteiger partial charge in [0.25, 0.3) is 0 Å². The molecular formula is C13H15FO. The highest BCUT2D eigenvalue weighted by Crippen LogP contribution is 2.31. The van der Waals surface area contributed by atoms with Crippen molar-refractivity contribution in [1.82, 2.24) is 0 Å². The average molecular weight is 206 g/mol. The van der Waals surface area contributed by atoms with Crippen LogP contribution in [0, 0.1) is 5.92 Å². The molecule has 1 nitrogen and oxygen atoms in total. The molecular weight excluding hydrogens is 191 g/mol. The summed E-state index contributed by atoms with van der Waals surface area (Å²) in [5.74, 6) is -0.436. The van der Waals surface area contributed by atoms with Gasteiger partial charge in [-0.25, -0.2) is 4.39 Å². The average Bonchev–Trinajstić information content (AvgIpc) is 2.57. The second-order valence-corrected chi connectivity index (χ2v) is 4.14. The van der Waals surface area contributed by atoms with Crippen molar-refractivity contribution >= 4 is 5.78 Å². The number of carbonyl (C=O) groups excluding carboxylic acids is 1. The highest BCUT2D eigenvalue weighted by atomic mass is 19.1. The van der Waals surface area contributed by atoms with Gasteiger partial charge in [-0.05, 0) is 18.4 Å². The first kappa shape index (κ1) is 10.3. The zero-order valence-electron chi connectivity index (χ0n) is 8.87. The van der Waals surface area contributed by atoms with Crippen molar-refractivity contribution in [2.45, 2.75) is 32.4 Å². The number of hydrogen-bond acceptors (Lipinski definition) is 1. The first-order chi connectivity index (χ1) is 7.24. The molecule has 0 bridgehead atoms. The number of hydrogen-bond donors (Lipinski definition) is 0. The minimum atomic E-state index is -0.977. The molecule has 0 spiro atoms. The lowest BCUT2D eigenvalue weighted by Crippen LogP contribution is -2.21. The van der Waals surface area contributed by atoms with E-state index in [1.54, 1.807) is 6.07 Å². The fraction of sp³-hybridized carbons (Fsp3) is 0.462. The molecule has 0 radical (unpaired) electrons. The molecule has 0 amide bonds. The lowest BCUT2D eigenvalue weighted by molar-refractivity contribution is 0.0854. The van der Waals surface area contributed by atoms with Gasteiger partial charge in [0, 0.05) is 5.56 Å². The smallest absolute Gasteiger partial charge is 0.169 e. The molecule has 0 saturated carbocycles. The maximum Gasteiger partial charge on any atom is 0.169 e. The topological polar surface area (TPSA) is 17.1 Å².